The number of esters is 1. The van der Waals surface area contributed by atoms with Gasteiger partial charge in [0.1, 0.15) is 6.54 Å². The van der Waals surface area contributed by atoms with Crippen LogP contribution in [0.5, 0.6) is 0 Å². The van der Waals surface area contributed by atoms with E-state index >= 15 is 0 Å². The molecule has 0 spiro atoms. The molecule has 0 bridgehead atoms. The van der Waals surface area contributed by atoms with Crippen molar-refractivity contribution in [1.82, 2.24) is 4.90 Å². The van der Waals surface area contributed by atoms with Crippen LogP contribution in [-0.2, 0) is 20.7 Å². The average Bonchev–Trinajstić information content (AvgIpc) is 3.12. The maximum absolute atomic E-state index is 13.0. The molecule has 1 aliphatic heterocycles. The quantitative estimate of drug-likeness (QED) is 0.731. The number of amides is 1. The van der Waals surface area contributed by atoms with E-state index in [1.54, 1.807) is 18.3 Å². The zero-order valence-electron chi connectivity index (χ0n) is 15.2. The number of ether oxygens (including phenoxy) is 1. The molecule has 3 rings (SSSR count). The van der Waals surface area contributed by atoms with Crippen LogP contribution < -0.4 is 4.90 Å². The van der Waals surface area contributed by atoms with Crippen molar-refractivity contribution in [3.8, 4) is 0 Å². The number of benzene rings is 1. The molecule has 1 aromatic heterocycles. The van der Waals surface area contributed by atoms with Crippen molar-refractivity contribution >= 4 is 28.9 Å². The first-order valence-electron chi connectivity index (χ1n) is 8.91. The number of anilines is 1. The number of hydrogen-bond acceptors (Lipinski definition) is 5. The van der Waals surface area contributed by atoms with Crippen LogP contribution in [0.25, 0.3) is 0 Å². The Bertz CT molecular complexity index is 759. The van der Waals surface area contributed by atoms with Gasteiger partial charge in [-0.05, 0) is 49.4 Å². The molecule has 5 nitrogen and oxygen atoms in total. The van der Waals surface area contributed by atoms with Crippen molar-refractivity contribution < 1.29 is 14.3 Å². The first-order chi connectivity index (χ1) is 12.6. The monoisotopic (exact) mass is 372 g/mol. The maximum atomic E-state index is 13.0. The Balaban J connectivity index is 1.74. The van der Waals surface area contributed by atoms with Crippen LogP contribution in [0.1, 0.15) is 30.3 Å². The van der Waals surface area contributed by atoms with Gasteiger partial charge in [-0.15, -0.1) is 11.3 Å². The lowest BCUT2D eigenvalue weighted by molar-refractivity contribution is -0.142. The van der Waals surface area contributed by atoms with E-state index in [4.69, 9.17) is 4.74 Å². The van der Waals surface area contributed by atoms with E-state index in [0.717, 1.165) is 13.0 Å². The summed E-state index contributed by atoms with van der Waals surface area (Å²) < 4.78 is 5.05. The van der Waals surface area contributed by atoms with E-state index in [-0.39, 0.29) is 25.0 Å². The molecule has 138 valence electrons. The number of carbonyl (C=O) groups is 2. The van der Waals surface area contributed by atoms with Gasteiger partial charge in [0.2, 0.25) is 5.91 Å². The highest BCUT2D eigenvalue weighted by molar-refractivity contribution is 7.10. The molecule has 1 aromatic carbocycles. The van der Waals surface area contributed by atoms with Crippen molar-refractivity contribution in [3.05, 3.63) is 52.2 Å². The molecule has 2 aromatic rings. The van der Waals surface area contributed by atoms with Gasteiger partial charge < -0.3 is 9.64 Å². The lowest BCUT2D eigenvalue weighted by Gasteiger charge is -2.34. The molecule has 0 aliphatic carbocycles. The smallest absolute Gasteiger partial charge is 0.326 e. The Morgan fingerprint density at radius 1 is 1.27 bits per heavy atom. The second-order valence-electron chi connectivity index (χ2n) is 6.32. The lowest BCUT2D eigenvalue weighted by Crippen LogP contribution is -2.45. The van der Waals surface area contributed by atoms with E-state index in [1.165, 1.54) is 15.3 Å². The summed E-state index contributed by atoms with van der Waals surface area (Å²) in [6.45, 7) is 5.27. The number of hydrogen-bond donors (Lipinski definition) is 0. The molecule has 0 fully saturated rings. The second kappa shape index (κ2) is 8.47. The van der Waals surface area contributed by atoms with Gasteiger partial charge >= 0.3 is 5.97 Å². The van der Waals surface area contributed by atoms with E-state index < -0.39 is 5.97 Å². The highest BCUT2D eigenvalue weighted by atomic mass is 32.1. The van der Waals surface area contributed by atoms with Crippen molar-refractivity contribution in [2.75, 3.05) is 31.1 Å². The number of rotatable bonds is 6. The van der Waals surface area contributed by atoms with Crippen LogP contribution >= 0.6 is 11.3 Å². The summed E-state index contributed by atoms with van der Waals surface area (Å²) in [6.07, 6.45) is 0.966. The van der Waals surface area contributed by atoms with Gasteiger partial charge in [0.25, 0.3) is 0 Å². The van der Waals surface area contributed by atoms with E-state index in [1.807, 2.05) is 30.3 Å². The topological polar surface area (TPSA) is 49.9 Å². The molecule has 1 aliphatic rings. The molecular weight excluding hydrogens is 348 g/mol. The van der Waals surface area contributed by atoms with Gasteiger partial charge in [0.15, 0.2) is 0 Å². The van der Waals surface area contributed by atoms with Gasteiger partial charge in [0, 0.05) is 23.2 Å². The third-order valence-corrected chi connectivity index (χ3v) is 5.70. The lowest BCUT2D eigenvalue weighted by atomic mass is 10.0. The number of nitrogens with zero attached hydrogens (tertiary/aromatic N) is 2. The summed E-state index contributed by atoms with van der Waals surface area (Å²) in [5.41, 5.74) is 2.03. The average molecular weight is 372 g/mol. The summed E-state index contributed by atoms with van der Waals surface area (Å²) in [7, 11) is 0. The van der Waals surface area contributed by atoms with Gasteiger partial charge in [-0.2, -0.15) is 0 Å². The van der Waals surface area contributed by atoms with E-state index in [2.05, 4.69) is 23.3 Å². The number of fused-ring (bicyclic) bond motifs is 1. The Kier molecular flexibility index (Phi) is 6.06. The highest BCUT2D eigenvalue weighted by Gasteiger charge is 2.29. The van der Waals surface area contributed by atoms with Gasteiger partial charge in [-0.3, -0.25) is 14.5 Å². The molecule has 1 unspecified atom stereocenters. The Labute approximate surface area is 158 Å². The Morgan fingerprint density at radius 2 is 2.04 bits per heavy atom. The molecule has 6 heteroatoms. The zero-order chi connectivity index (χ0) is 18.5. The van der Waals surface area contributed by atoms with Gasteiger partial charge in [0.05, 0.1) is 13.2 Å². The van der Waals surface area contributed by atoms with Crippen molar-refractivity contribution in [2.24, 2.45) is 0 Å². The molecule has 26 heavy (non-hydrogen) atoms. The highest BCUT2D eigenvalue weighted by Crippen LogP contribution is 2.32. The van der Waals surface area contributed by atoms with Crippen molar-refractivity contribution in [1.29, 1.82) is 0 Å². The maximum Gasteiger partial charge on any atom is 0.326 e. The molecule has 1 amide bonds. The predicted molar refractivity (Wildman–Crippen MR) is 103 cm³/mol. The molecular formula is C20H24N2O3S. The summed E-state index contributed by atoms with van der Waals surface area (Å²) in [6, 6.07) is 11.6. The third-order valence-electron chi connectivity index (χ3n) is 4.70. The normalized spacial score (nSPS) is 16.8. The minimum absolute atomic E-state index is 0.0669. The summed E-state index contributed by atoms with van der Waals surface area (Å²) in [4.78, 5) is 30.1. The molecule has 0 saturated heterocycles. The molecule has 0 saturated carbocycles. The van der Waals surface area contributed by atoms with E-state index in [9.17, 15) is 9.59 Å². The first kappa shape index (κ1) is 18.6. The second-order valence-corrected chi connectivity index (χ2v) is 7.32. The van der Waals surface area contributed by atoms with Crippen LogP contribution in [0.2, 0.25) is 0 Å². The fourth-order valence-electron chi connectivity index (χ4n) is 3.30. The SMILES string of the molecule is CCOC(=O)CN(C(=O)CN1CCc2sccc2C1C)c1ccccc1. The van der Waals surface area contributed by atoms with Crippen molar-refractivity contribution in [3.63, 3.8) is 0 Å². The largest absolute Gasteiger partial charge is 0.465 e. The number of thiophene rings is 1. The van der Waals surface area contributed by atoms with Crippen molar-refractivity contribution in [2.45, 2.75) is 26.3 Å². The predicted octanol–water partition coefficient (Wildman–Crippen LogP) is 3.26. The van der Waals surface area contributed by atoms with Crippen LogP contribution in [0.15, 0.2) is 41.8 Å². The summed E-state index contributed by atoms with van der Waals surface area (Å²) in [5, 5.41) is 2.11. The third kappa shape index (κ3) is 4.14. The fourth-order valence-corrected chi connectivity index (χ4v) is 4.27. The summed E-state index contributed by atoms with van der Waals surface area (Å²) in [5.74, 6) is -0.480. The van der Waals surface area contributed by atoms with E-state index in [0.29, 0.717) is 12.3 Å². The zero-order valence-corrected chi connectivity index (χ0v) is 16.0. The Morgan fingerprint density at radius 3 is 2.77 bits per heavy atom. The van der Waals surface area contributed by atoms with Crippen LogP contribution in [0, 0.1) is 0 Å². The van der Waals surface area contributed by atoms with Gasteiger partial charge in [-0.1, -0.05) is 18.2 Å². The number of para-hydroxylation sites is 1. The van der Waals surface area contributed by atoms with Gasteiger partial charge in [-0.25, -0.2) is 0 Å². The van der Waals surface area contributed by atoms with Crippen LogP contribution in [-0.4, -0.2) is 43.0 Å². The minimum Gasteiger partial charge on any atom is -0.465 e. The molecule has 0 radical (unpaired) electrons. The molecule has 1 atom stereocenters. The fraction of sp³-hybridized carbons (Fsp3) is 0.400. The number of carbonyl (C=O) groups excluding carboxylic acids is 2. The Hall–Kier alpha value is -2.18. The summed E-state index contributed by atoms with van der Waals surface area (Å²) >= 11 is 1.78. The molecule has 2 heterocycles. The first-order valence-corrected chi connectivity index (χ1v) is 9.79. The minimum atomic E-state index is -0.392. The standard InChI is InChI=1S/C20H24N2O3S/c1-3-25-20(24)14-22(16-7-5-4-6-8-16)19(23)13-21-11-9-18-17(15(21)2)10-12-26-18/h4-8,10,12,15H,3,9,11,13-14H2,1-2H3. The van der Waals surface area contributed by atoms with Crippen LogP contribution in [0.3, 0.4) is 0 Å². The molecule has 0 N–H and O–H groups in total. The van der Waals surface area contributed by atoms with Crippen LogP contribution in [0.4, 0.5) is 5.69 Å².